The predicted octanol–water partition coefficient (Wildman–Crippen LogP) is 2.49. The van der Waals surface area contributed by atoms with Gasteiger partial charge in [0.2, 0.25) is 11.8 Å². The van der Waals surface area contributed by atoms with Gasteiger partial charge >= 0.3 is 0 Å². The highest BCUT2D eigenvalue weighted by Crippen LogP contribution is 2.30. The fourth-order valence-corrected chi connectivity index (χ4v) is 2.03. The summed E-state index contributed by atoms with van der Waals surface area (Å²) >= 11 is 0. The lowest BCUT2D eigenvalue weighted by Gasteiger charge is -2.08. The average Bonchev–Trinajstić information content (AvgIpc) is 3.25. The Balaban J connectivity index is 1.76. The lowest BCUT2D eigenvalue weighted by Crippen LogP contribution is -2.17. The Kier molecular flexibility index (Phi) is 5.33. The zero-order valence-electron chi connectivity index (χ0n) is 12.4. The average molecular weight is 289 g/mol. The number of hydrogen-bond donors (Lipinski definition) is 3. The maximum atomic E-state index is 11.7. The van der Waals surface area contributed by atoms with E-state index in [1.165, 1.54) is 0 Å². The van der Waals surface area contributed by atoms with Crippen molar-refractivity contribution in [3.05, 3.63) is 24.3 Å². The maximum Gasteiger partial charge on any atom is 0.227 e. The number of anilines is 2. The SMILES string of the molecule is CC(N)CCCC(=O)Nc1ccc(NC(=O)C2CC2)cc1. The first-order valence-corrected chi connectivity index (χ1v) is 7.51. The van der Waals surface area contributed by atoms with Crippen molar-refractivity contribution in [1.29, 1.82) is 0 Å². The second kappa shape index (κ2) is 7.22. The monoisotopic (exact) mass is 289 g/mol. The molecule has 1 aromatic rings. The molecule has 1 aromatic carbocycles. The van der Waals surface area contributed by atoms with Gasteiger partial charge in [-0.05, 0) is 56.9 Å². The van der Waals surface area contributed by atoms with Crippen LogP contribution in [-0.4, -0.2) is 17.9 Å². The Morgan fingerprint density at radius 2 is 1.76 bits per heavy atom. The van der Waals surface area contributed by atoms with E-state index in [9.17, 15) is 9.59 Å². The first-order chi connectivity index (χ1) is 10.0. The van der Waals surface area contributed by atoms with Crippen LogP contribution in [0.15, 0.2) is 24.3 Å². The Hall–Kier alpha value is -1.88. The largest absolute Gasteiger partial charge is 0.328 e. The van der Waals surface area contributed by atoms with E-state index in [-0.39, 0.29) is 23.8 Å². The second-order valence-corrected chi connectivity index (χ2v) is 5.76. The van der Waals surface area contributed by atoms with Crippen molar-refractivity contribution in [2.45, 2.75) is 45.1 Å². The summed E-state index contributed by atoms with van der Waals surface area (Å²) in [6.07, 6.45) is 4.09. The van der Waals surface area contributed by atoms with E-state index in [0.717, 1.165) is 37.1 Å². The molecule has 0 radical (unpaired) electrons. The first kappa shape index (κ1) is 15.5. The molecule has 1 aliphatic carbocycles. The minimum atomic E-state index is -0.00887. The molecule has 0 bridgehead atoms. The molecule has 0 heterocycles. The maximum absolute atomic E-state index is 11.7. The van der Waals surface area contributed by atoms with E-state index in [2.05, 4.69) is 10.6 Å². The minimum absolute atomic E-state index is 0.00887. The van der Waals surface area contributed by atoms with Crippen molar-refractivity contribution in [2.24, 2.45) is 11.7 Å². The van der Waals surface area contributed by atoms with E-state index < -0.39 is 0 Å². The van der Waals surface area contributed by atoms with Gasteiger partial charge in [-0.15, -0.1) is 0 Å². The summed E-state index contributed by atoms with van der Waals surface area (Å²) in [6.45, 7) is 1.94. The molecule has 21 heavy (non-hydrogen) atoms. The number of nitrogens with two attached hydrogens (primary N) is 1. The van der Waals surface area contributed by atoms with Crippen molar-refractivity contribution in [3.63, 3.8) is 0 Å². The van der Waals surface area contributed by atoms with Gasteiger partial charge in [0.05, 0.1) is 0 Å². The summed E-state index contributed by atoms with van der Waals surface area (Å²) < 4.78 is 0. The van der Waals surface area contributed by atoms with Crippen LogP contribution in [0.25, 0.3) is 0 Å². The molecule has 5 nitrogen and oxygen atoms in total. The lowest BCUT2D eigenvalue weighted by atomic mass is 10.1. The highest BCUT2D eigenvalue weighted by Gasteiger charge is 2.29. The fraction of sp³-hybridized carbons (Fsp3) is 0.500. The van der Waals surface area contributed by atoms with Crippen molar-refractivity contribution >= 4 is 23.2 Å². The van der Waals surface area contributed by atoms with Crippen LogP contribution in [0.5, 0.6) is 0 Å². The Labute approximate surface area is 125 Å². The van der Waals surface area contributed by atoms with E-state index in [1.807, 2.05) is 6.92 Å². The summed E-state index contributed by atoms with van der Waals surface area (Å²) in [4.78, 5) is 23.4. The zero-order chi connectivity index (χ0) is 15.2. The Morgan fingerprint density at radius 3 is 2.29 bits per heavy atom. The number of benzene rings is 1. The molecule has 4 N–H and O–H groups in total. The molecule has 0 saturated heterocycles. The van der Waals surface area contributed by atoms with Crippen LogP contribution in [-0.2, 0) is 9.59 Å². The molecule has 0 aliphatic heterocycles. The molecule has 1 aliphatic rings. The van der Waals surface area contributed by atoms with Crippen molar-refractivity contribution in [1.82, 2.24) is 0 Å². The molecule has 1 unspecified atom stereocenters. The molecule has 114 valence electrons. The topological polar surface area (TPSA) is 84.2 Å². The first-order valence-electron chi connectivity index (χ1n) is 7.51. The standard InChI is InChI=1S/C16H23N3O2/c1-11(17)3-2-4-15(20)18-13-7-9-14(10-8-13)19-16(21)12-5-6-12/h7-12H,2-6,17H2,1H3,(H,18,20)(H,19,21). The van der Waals surface area contributed by atoms with E-state index in [1.54, 1.807) is 24.3 Å². The van der Waals surface area contributed by atoms with Crippen molar-refractivity contribution < 1.29 is 9.59 Å². The van der Waals surface area contributed by atoms with Crippen LogP contribution < -0.4 is 16.4 Å². The number of hydrogen-bond acceptors (Lipinski definition) is 3. The zero-order valence-corrected chi connectivity index (χ0v) is 12.4. The van der Waals surface area contributed by atoms with Gasteiger partial charge in [-0.1, -0.05) is 0 Å². The van der Waals surface area contributed by atoms with Gasteiger partial charge < -0.3 is 16.4 Å². The van der Waals surface area contributed by atoms with E-state index in [4.69, 9.17) is 5.73 Å². The third kappa shape index (κ3) is 5.55. The number of amides is 2. The molecular formula is C16H23N3O2. The van der Waals surface area contributed by atoms with Gasteiger partial charge in [-0.25, -0.2) is 0 Å². The quantitative estimate of drug-likeness (QED) is 0.721. The van der Waals surface area contributed by atoms with Crippen LogP contribution in [0.3, 0.4) is 0 Å². The molecule has 1 saturated carbocycles. The number of rotatable bonds is 7. The third-order valence-electron chi connectivity index (χ3n) is 3.45. The van der Waals surface area contributed by atoms with E-state index in [0.29, 0.717) is 6.42 Å². The lowest BCUT2D eigenvalue weighted by molar-refractivity contribution is -0.117. The third-order valence-corrected chi connectivity index (χ3v) is 3.45. The fourth-order valence-electron chi connectivity index (χ4n) is 2.03. The normalized spacial score (nSPS) is 15.3. The van der Waals surface area contributed by atoms with Crippen LogP contribution >= 0.6 is 0 Å². The predicted molar refractivity (Wildman–Crippen MR) is 83.9 cm³/mol. The van der Waals surface area contributed by atoms with Gasteiger partial charge in [0.15, 0.2) is 0 Å². The van der Waals surface area contributed by atoms with Gasteiger partial charge in [0, 0.05) is 29.8 Å². The van der Waals surface area contributed by atoms with E-state index >= 15 is 0 Å². The smallest absolute Gasteiger partial charge is 0.227 e. The van der Waals surface area contributed by atoms with Gasteiger partial charge in [0.1, 0.15) is 0 Å². The molecule has 2 amide bonds. The Bertz CT molecular complexity index is 493. The summed E-state index contributed by atoms with van der Waals surface area (Å²) in [6, 6.07) is 7.33. The van der Waals surface area contributed by atoms with Crippen LogP contribution in [0, 0.1) is 5.92 Å². The highest BCUT2D eigenvalue weighted by atomic mass is 16.2. The summed E-state index contributed by atoms with van der Waals surface area (Å²) in [7, 11) is 0. The number of carbonyl (C=O) groups is 2. The van der Waals surface area contributed by atoms with Crippen molar-refractivity contribution in [2.75, 3.05) is 10.6 Å². The van der Waals surface area contributed by atoms with Gasteiger partial charge in [-0.2, -0.15) is 0 Å². The molecule has 1 atom stereocenters. The highest BCUT2D eigenvalue weighted by molar-refractivity contribution is 5.95. The Morgan fingerprint density at radius 1 is 1.19 bits per heavy atom. The number of carbonyl (C=O) groups excluding carboxylic acids is 2. The molecular weight excluding hydrogens is 266 g/mol. The minimum Gasteiger partial charge on any atom is -0.328 e. The molecule has 0 aromatic heterocycles. The van der Waals surface area contributed by atoms with Crippen LogP contribution in [0.1, 0.15) is 39.0 Å². The molecule has 1 fully saturated rings. The number of nitrogens with one attached hydrogen (secondary N) is 2. The molecule has 0 spiro atoms. The van der Waals surface area contributed by atoms with Crippen LogP contribution in [0.2, 0.25) is 0 Å². The molecule has 5 heteroatoms. The second-order valence-electron chi connectivity index (χ2n) is 5.76. The van der Waals surface area contributed by atoms with Gasteiger partial charge in [-0.3, -0.25) is 9.59 Å². The summed E-state index contributed by atoms with van der Waals surface area (Å²) in [5, 5.41) is 5.70. The summed E-state index contributed by atoms with van der Waals surface area (Å²) in [5.41, 5.74) is 7.15. The summed E-state index contributed by atoms with van der Waals surface area (Å²) in [5.74, 6) is 0.266. The van der Waals surface area contributed by atoms with Crippen molar-refractivity contribution in [3.8, 4) is 0 Å². The molecule has 2 rings (SSSR count). The van der Waals surface area contributed by atoms with Gasteiger partial charge in [0.25, 0.3) is 0 Å². The van der Waals surface area contributed by atoms with Crippen LogP contribution in [0.4, 0.5) is 11.4 Å².